The Labute approximate surface area is 427 Å². The molecule has 0 spiro atoms. The molecule has 0 atom stereocenters. The molecule has 2 nitrogen and oxygen atoms in total. The minimum absolute atomic E-state index is 0.669. The van der Waals surface area contributed by atoms with Crippen LogP contribution in [0.1, 0.15) is 107 Å². The largest absolute Gasteiger partial charge is 0.310 e. The van der Waals surface area contributed by atoms with Crippen molar-refractivity contribution in [1.82, 2.24) is 4.58 Å². The Kier molecular flexibility index (Phi) is 13.5. The molecule has 9 aromatic rings. The van der Waals surface area contributed by atoms with Crippen molar-refractivity contribution in [2.45, 2.75) is 89.9 Å². The molecule has 9 aromatic carbocycles. The zero-order chi connectivity index (χ0) is 48.1. The molecule has 0 unspecified atom stereocenters. The van der Waals surface area contributed by atoms with Gasteiger partial charge in [-0.2, -0.15) is 4.58 Å². The summed E-state index contributed by atoms with van der Waals surface area (Å²) < 4.78 is 2.67. The van der Waals surface area contributed by atoms with Crippen molar-refractivity contribution >= 4 is 78.1 Å². The Morgan fingerprint density at radius 3 is 1.47 bits per heavy atom. The molecule has 3 aliphatic carbocycles. The van der Waals surface area contributed by atoms with Crippen LogP contribution in [-0.4, -0.2) is 5.71 Å². The van der Waals surface area contributed by atoms with Gasteiger partial charge in [-0.1, -0.05) is 202 Å². The molecule has 72 heavy (non-hydrogen) atoms. The minimum atomic E-state index is 0.669. The van der Waals surface area contributed by atoms with Crippen LogP contribution in [0.3, 0.4) is 0 Å². The first-order chi connectivity index (χ1) is 35.7. The van der Waals surface area contributed by atoms with E-state index in [0.717, 1.165) is 41.6 Å². The van der Waals surface area contributed by atoms with Gasteiger partial charge in [-0.15, -0.1) is 0 Å². The molecule has 2 heteroatoms. The Bertz CT molecular complexity index is 3320. The number of allylic oxidation sites excluding steroid dienone is 2. The Hall–Kier alpha value is -7.29. The van der Waals surface area contributed by atoms with Crippen molar-refractivity contribution < 1.29 is 0 Å². The Balaban J connectivity index is 0.968. The van der Waals surface area contributed by atoms with Crippen molar-refractivity contribution in [1.29, 1.82) is 0 Å². The predicted molar refractivity (Wildman–Crippen MR) is 310 cm³/mol. The lowest BCUT2D eigenvalue weighted by Gasteiger charge is -2.34. The number of rotatable bonds is 11. The highest BCUT2D eigenvalue weighted by Crippen LogP contribution is 2.47. The smallest absolute Gasteiger partial charge is 0.219 e. The Morgan fingerprint density at radius 2 is 0.889 bits per heavy atom. The molecule has 356 valence electrons. The van der Waals surface area contributed by atoms with Crippen LogP contribution >= 0.6 is 0 Å². The minimum Gasteiger partial charge on any atom is -0.310 e. The van der Waals surface area contributed by atoms with Crippen molar-refractivity contribution in [2.75, 3.05) is 4.90 Å². The van der Waals surface area contributed by atoms with Gasteiger partial charge >= 0.3 is 0 Å². The van der Waals surface area contributed by atoms with E-state index in [0.29, 0.717) is 5.92 Å². The zero-order valence-corrected chi connectivity index (χ0v) is 41.8. The lowest BCUT2D eigenvalue weighted by Crippen LogP contribution is -2.24. The van der Waals surface area contributed by atoms with Crippen LogP contribution in [0.4, 0.5) is 28.4 Å². The predicted octanol–water partition coefficient (Wildman–Crippen LogP) is 19.8. The van der Waals surface area contributed by atoms with Crippen LogP contribution in [0.2, 0.25) is 0 Å². The monoisotopic (exact) mass is 936 g/mol. The summed E-state index contributed by atoms with van der Waals surface area (Å²) >= 11 is 0. The third kappa shape index (κ3) is 9.48. The molecular formula is C70H67N2+. The summed E-state index contributed by atoms with van der Waals surface area (Å²) in [6, 6.07) is 76.0. The third-order valence-electron chi connectivity index (χ3n) is 16.5. The van der Waals surface area contributed by atoms with Crippen molar-refractivity contribution in [2.24, 2.45) is 17.8 Å². The Morgan fingerprint density at radius 1 is 0.417 bits per heavy atom. The number of hydrogen-bond acceptors (Lipinski definition) is 1. The van der Waals surface area contributed by atoms with Gasteiger partial charge in [-0.05, 0) is 143 Å². The number of anilines is 3. The number of benzene rings is 9. The fourth-order valence-corrected chi connectivity index (χ4v) is 12.9. The first-order valence-electron chi connectivity index (χ1n) is 27.3. The van der Waals surface area contributed by atoms with Gasteiger partial charge in [0, 0.05) is 47.8 Å². The van der Waals surface area contributed by atoms with Crippen LogP contribution in [0.5, 0.6) is 0 Å². The SMILES string of the molecule is C(=C(c1ccccc1)c1ccccc1)c1ccc(N(c2ccccc2)c2cc3c4ccccc4c([N+](=C4CCC(C=C(C5CCCCC5)C5CCCCC5)CC4)c4ccccc4)cc3c3ccccc23)cc1. The average Bonchev–Trinajstić information content (AvgIpc) is 3.46. The second-order valence-corrected chi connectivity index (χ2v) is 20.9. The summed E-state index contributed by atoms with van der Waals surface area (Å²) in [6.07, 6.45) is 24.1. The summed E-state index contributed by atoms with van der Waals surface area (Å²) in [6.45, 7) is 0. The molecule has 3 aliphatic rings. The fourth-order valence-electron chi connectivity index (χ4n) is 12.9. The molecule has 0 N–H and O–H groups in total. The van der Waals surface area contributed by atoms with Crippen molar-refractivity contribution in [3.63, 3.8) is 0 Å². The van der Waals surface area contributed by atoms with Crippen LogP contribution in [0, 0.1) is 17.8 Å². The van der Waals surface area contributed by atoms with E-state index < -0.39 is 0 Å². The quantitative estimate of drug-likeness (QED) is 0.0542. The van der Waals surface area contributed by atoms with E-state index in [2.05, 4.69) is 228 Å². The maximum Gasteiger partial charge on any atom is 0.219 e. The van der Waals surface area contributed by atoms with Gasteiger partial charge < -0.3 is 4.90 Å². The molecule has 3 saturated carbocycles. The number of hydrogen-bond donors (Lipinski definition) is 0. The molecule has 3 fully saturated rings. The van der Waals surface area contributed by atoms with Crippen molar-refractivity contribution in [3.05, 3.63) is 235 Å². The van der Waals surface area contributed by atoms with Gasteiger partial charge in [0.1, 0.15) is 0 Å². The van der Waals surface area contributed by atoms with E-state index in [9.17, 15) is 0 Å². The van der Waals surface area contributed by atoms with E-state index in [1.807, 2.05) is 5.57 Å². The van der Waals surface area contributed by atoms with Crippen LogP contribution < -0.4 is 9.48 Å². The molecule has 0 heterocycles. The molecule has 0 radical (unpaired) electrons. The summed E-state index contributed by atoms with van der Waals surface area (Å²) in [5.74, 6) is 2.32. The molecule has 12 rings (SSSR count). The molecule has 0 bridgehead atoms. The molecule has 0 aliphatic heterocycles. The van der Waals surface area contributed by atoms with Gasteiger partial charge in [-0.3, -0.25) is 0 Å². The molecule has 0 amide bonds. The summed E-state index contributed by atoms with van der Waals surface area (Å²) in [5, 5.41) is 7.61. The fraction of sp³-hybridized carbons (Fsp3) is 0.243. The summed E-state index contributed by atoms with van der Waals surface area (Å²) in [5.41, 5.74) is 14.1. The number of nitrogens with zero attached hydrogens (tertiary/aromatic N) is 2. The van der Waals surface area contributed by atoms with Gasteiger partial charge in [0.05, 0.1) is 11.1 Å². The van der Waals surface area contributed by atoms with Gasteiger partial charge in [0.15, 0.2) is 5.71 Å². The van der Waals surface area contributed by atoms with Gasteiger partial charge in [0.25, 0.3) is 0 Å². The van der Waals surface area contributed by atoms with E-state index in [-0.39, 0.29) is 0 Å². The number of fused-ring (bicyclic) bond motifs is 5. The maximum atomic E-state index is 2.86. The average molecular weight is 936 g/mol. The highest BCUT2D eigenvalue weighted by atomic mass is 15.1. The van der Waals surface area contributed by atoms with Crippen molar-refractivity contribution in [3.8, 4) is 0 Å². The molecule has 0 saturated heterocycles. The highest BCUT2D eigenvalue weighted by molar-refractivity contribution is 6.24. The highest BCUT2D eigenvalue weighted by Gasteiger charge is 2.32. The number of para-hydroxylation sites is 2. The molecule has 0 aromatic heterocycles. The van der Waals surface area contributed by atoms with Crippen LogP contribution in [0.15, 0.2) is 218 Å². The maximum absolute atomic E-state index is 2.86. The summed E-state index contributed by atoms with van der Waals surface area (Å²) in [4.78, 5) is 2.46. The lowest BCUT2D eigenvalue weighted by atomic mass is 9.72. The third-order valence-corrected chi connectivity index (χ3v) is 16.5. The van der Waals surface area contributed by atoms with Crippen LogP contribution in [-0.2, 0) is 0 Å². The topological polar surface area (TPSA) is 6.25 Å². The summed E-state index contributed by atoms with van der Waals surface area (Å²) in [7, 11) is 0. The molecular weight excluding hydrogens is 869 g/mol. The van der Waals surface area contributed by atoms with E-state index >= 15 is 0 Å². The second kappa shape index (κ2) is 21.2. The standard InChI is InChI=1S/C70H67N2/c1-7-23-53(24-8-1)65(54-25-9-2-10-26-54)47-51-39-43-59(44-40-51)71(57-31-15-5-16-32-57)69-49-67-62-36-20-22-38-64(62)70(50-68(67)61-35-19-21-37-63(61)69)72(58-33-17-6-18-34-58)60-45-41-52(42-46-60)48-66(55-27-11-3-12-28-55)56-29-13-4-14-30-56/h1-2,5-10,15-26,31-40,43-44,47-50,52,55-56H,3-4,11-14,27-30,41-42,45-46H2/q+1. The zero-order valence-electron chi connectivity index (χ0n) is 41.8. The first-order valence-corrected chi connectivity index (χ1v) is 27.3. The second-order valence-electron chi connectivity index (χ2n) is 20.9. The normalized spacial score (nSPS) is 16.7. The van der Waals surface area contributed by atoms with E-state index in [1.165, 1.54) is 143 Å². The lowest BCUT2D eigenvalue weighted by molar-refractivity contribution is 0.321. The van der Waals surface area contributed by atoms with Gasteiger partial charge in [-0.25, -0.2) is 0 Å². The van der Waals surface area contributed by atoms with E-state index in [4.69, 9.17) is 0 Å². The van der Waals surface area contributed by atoms with Crippen LogP contribution in [0.25, 0.3) is 44.0 Å². The van der Waals surface area contributed by atoms with E-state index in [1.54, 1.807) is 5.71 Å². The van der Waals surface area contributed by atoms with Gasteiger partial charge in [0.2, 0.25) is 11.4 Å². The first kappa shape index (κ1) is 45.8.